The number of carbonyl (C=O) groups excluding carboxylic acids is 1. The van der Waals surface area contributed by atoms with Gasteiger partial charge < -0.3 is 4.57 Å². The average molecular weight is 295 g/mol. The van der Waals surface area contributed by atoms with Gasteiger partial charge >= 0.3 is 0 Å². The Kier molecular flexibility index (Phi) is 2.96. The van der Waals surface area contributed by atoms with Gasteiger partial charge in [0.05, 0.1) is 11.0 Å². The first-order valence-corrected chi connectivity index (χ1v) is 7.58. The van der Waals surface area contributed by atoms with Crippen LogP contribution in [0.25, 0.3) is 11.0 Å². The van der Waals surface area contributed by atoms with Gasteiger partial charge in [-0.3, -0.25) is 15.2 Å². The van der Waals surface area contributed by atoms with Gasteiger partial charge in [0.1, 0.15) is 0 Å². The molecule has 1 aliphatic rings. The number of imidazole rings is 1. The van der Waals surface area contributed by atoms with Gasteiger partial charge in [0, 0.05) is 18.2 Å². The van der Waals surface area contributed by atoms with Gasteiger partial charge in [0.15, 0.2) is 5.69 Å². The van der Waals surface area contributed by atoms with E-state index < -0.39 is 0 Å². The summed E-state index contributed by atoms with van der Waals surface area (Å²) in [5.41, 5.74) is 3.35. The highest BCUT2D eigenvalue weighted by Gasteiger charge is 2.26. The molecule has 4 rings (SSSR count). The number of carbonyl (C=O) groups is 1. The molecule has 2 aromatic heterocycles. The van der Waals surface area contributed by atoms with E-state index in [4.69, 9.17) is 0 Å². The molecule has 3 aromatic rings. The van der Waals surface area contributed by atoms with E-state index in [0.29, 0.717) is 17.6 Å². The van der Waals surface area contributed by atoms with Gasteiger partial charge in [-0.2, -0.15) is 5.10 Å². The minimum Gasteiger partial charge on any atom is -0.310 e. The van der Waals surface area contributed by atoms with Crippen molar-refractivity contribution in [3.8, 4) is 0 Å². The number of aromatic nitrogens is 4. The van der Waals surface area contributed by atoms with Crippen LogP contribution in [0.3, 0.4) is 0 Å². The zero-order valence-corrected chi connectivity index (χ0v) is 12.3. The van der Waals surface area contributed by atoms with Crippen LogP contribution in [0.1, 0.15) is 41.9 Å². The molecule has 1 aliphatic carbocycles. The number of fused-ring (bicyclic) bond motifs is 1. The van der Waals surface area contributed by atoms with Crippen LogP contribution in [0.4, 0.5) is 5.95 Å². The molecule has 0 unspecified atom stereocenters. The first-order chi connectivity index (χ1) is 10.8. The third kappa shape index (κ3) is 2.16. The number of rotatable bonds is 4. The molecular formula is C16H17N5O. The van der Waals surface area contributed by atoms with Crippen molar-refractivity contribution in [1.82, 2.24) is 19.7 Å². The van der Waals surface area contributed by atoms with Gasteiger partial charge in [-0.05, 0) is 38.0 Å². The number of nitrogens with zero attached hydrogens (tertiary/aromatic N) is 3. The lowest BCUT2D eigenvalue weighted by Crippen LogP contribution is -2.16. The molecule has 0 bridgehead atoms. The van der Waals surface area contributed by atoms with Gasteiger partial charge in [-0.1, -0.05) is 12.1 Å². The van der Waals surface area contributed by atoms with Crippen molar-refractivity contribution in [3.05, 3.63) is 41.7 Å². The first kappa shape index (κ1) is 13.1. The lowest BCUT2D eigenvalue weighted by atomic mass is 10.2. The van der Waals surface area contributed by atoms with Gasteiger partial charge in [0.2, 0.25) is 5.95 Å². The Bertz CT molecular complexity index is 843. The molecule has 1 saturated carbocycles. The molecular weight excluding hydrogens is 278 g/mol. The molecule has 1 fully saturated rings. The number of aromatic amines is 1. The summed E-state index contributed by atoms with van der Waals surface area (Å²) >= 11 is 0. The summed E-state index contributed by atoms with van der Waals surface area (Å²) in [5.74, 6) is 0.882. The van der Waals surface area contributed by atoms with E-state index in [1.807, 2.05) is 41.8 Å². The number of hydrogen-bond acceptors (Lipinski definition) is 3. The van der Waals surface area contributed by atoms with Crippen molar-refractivity contribution in [1.29, 1.82) is 0 Å². The van der Waals surface area contributed by atoms with Crippen molar-refractivity contribution in [2.45, 2.75) is 32.2 Å². The highest BCUT2D eigenvalue weighted by atomic mass is 16.2. The summed E-state index contributed by atoms with van der Waals surface area (Å²) in [6.07, 6.45) is 2.35. The lowest BCUT2D eigenvalue weighted by Gasteiger charge is -2.06. The number of H-pyrrole nitrogens is 1. The van der Waals surface area contributed by atoms with Crippen LogP contribution in [-0.4, -0.2) is 25.7 Å². The highest BCUT2D eigenvalue weighted by Crippen LogP contribution is 2.39. The second-order valence-corrected chi connectivity index (χ2v) is 5.61. The number of para-hydroxylation sites is 2. The summed E-state index contributed by atoms with van der Waals surface area (Å²) in [4.78, 5) is 16.9. The third-order valence-electron chi connectivity index (χ3n) is 4.04. The van der Waals surface area contributed by atoms with E-state index in [1.165, 1.54) is 12.8 Å². The third-order valence-corrected chi connectivity index (χ3v) is 4.04. The van der Waals surface area contributed by atoms with Crippen LogP contribution >= 0.6 is 0 Å². The first-order valence-electron chi connectivity index (χ1n) is 7.58. The van der Waals surface area contributed by atoms with E-state index in [2.05, 4.69) is 20.5 Å². The zero-order chi connectivity index (χ0) is 15.1. The number of anilines is 1. The smallest absolute Gasteiger partial charge is 0.278 e. The summed E-state index contributed by atoms with van der Waals surface area (Å²) in [7, 11) is 0. The minimum atomic E-state index is -0.229. The van der Waals surface area contributed by atoms with Crippen LogP contribution in [0.15, 0.2) is 30.3 Å². The number of amides is 1. The fourth-order valence-corrected chi connectivity index (χ4v) is 2.71. The van der Waals surface area contributed by atoms with E-state index in [1.54, 1.807) is 0 Å². The maximum atomic E-state index is 12.4. The predicted molar refractivity (Wildman–Crippen MR) is 83.9 cm³/mol. The van der Waals surface area contributed by atoms with E-state index in [0.717, 1.165) is 23.3 Å². The van der Waals surface area contributed by atoms with Crippen molar-refractivity contribution in [3.63, 3.8) is 0 Å². The summed E-state index contributed by atoms with van der Waals surface area (Å²) in [6.45, 7) is 2.77. The quantitative estimate of drug-likeness (QED) is 0.777. The predicted octanol–water partition coefficient (Wildman–Crippen LogP) is 2.91. The molecule has 22 heavy (non-hydrogen) atoms. The molecule has 0 atom stereocenters. The maximum absolute atomic E-state index is 12.4. The Balaban J connectivity index is 1.62. The second kappa shape index (κ2) is 4.98. The second-order valence-electron chi connectivity index (χ2n) is 5.61. The lowest BCUT2D eigenvalue weighted by molar-refractivity contribution is 0.102. The topological polar surface area (TPSA) is 75.6 Å². The summed E-state index contributed by atoms with van der Waals surface area (Å²) in [6, 6.07) is 9.69. The van der Waals surface area contributed by atoms with E-state index in [9.17, 15) is 4.79 Å². The fraction of sp³-hybridized carbons (Fsp3) is 0.312. The average Bonchev–Trinajstić information content (AvgIpc) is 3.15. The molecule has 1 amide bonds. The molecule has 2 heterocycles. The number of benzene rings is 1. The molecule has 112 valence electrons. The van der Waals surface area contributed by atoms with Gasteiger partial charge in [0.25, 0.3) is 5.91 Å². The Morgan fingerprint density at radius 2 is 2.23 bits per heavy atom. The van der Waals surface area contributed by atoms with Crippen molar-refractivity contribution in [2.75, 3.05) is 5.32 Å². The highest BCUT2D eigenvalue weighted by molar-refractivity contribution is 6.02. The molecule has 0 spiro atoms. The Morgan fingerprint density at radius 3 is 3.00 bits per heavy atom. The van der Waals surface area contributed by atoms with Crippen molar-refractivity contribution in [2.24, 2.45) is 0 Å². The molecule has 0 saturated heterocycles. The maximum Gasteiger partial charge on any atom is 0.278 e. The Labute approximate surface area is 127 Å². The molecule has 6 heteroatoms. The standard InChI is InChI=1S/C16H17N5O/c1-2-21-14-6-4-3-5-11(14)17-16(21)18-15(22)13-9-12(19-20-13)10-7-8-10/h3-6,9-10H,2,7-8H2,1H3,(H,19,20)(H,17,18,22). The molecule has 0 radical (unpaired) electrons. The Morgan fingerprint density at radius 1 is 1.41 bits per heavy atom. The van der Waals surface area contributed by atoms with Crippen LogP contribution in [0.5, 0.6) is 0 Å². The van der Waals surface area contributed by atoms with Crippen molar-refractivity contribution < 1.29 is 4.79 Å². The minimum absolute atomic E-state index is 0.229. The number of hydrogen-bond donors (Lipinski definition) is 2. The van der Waals surface area contributed by atoms with Crippen LogP contribution in [-0.2, 0) is 6.54 Å². The van der Waals surface area contributed by atoms with Crippen LogP contribution in [0, 0.1) is 0 Å². The summed E-state index contributed by atoms with van der Waals surface area (Å²) < 4.78 is 1.99. The summed E-state index contributed by atoms with van der Waals surface area (Å²) in [5, 5.41) is 9.93. The van der Waals surface area contributed by atoms with E-state index in [-0.39, 0.29) is 5.91 Å². The van der Waals surface area contributed by atoms with Crippen LogP contribution < -0.4 is 5.32 Å². The molecule has 6 nitrogen and oxygen atoms in total. The normalized spacial score (nSPS) is 14.4. The zero-order valence-electron chi connectivity index (χ0n) is 12.3. The molecule has 2 N–H and O–H groups in total. The van der Waals surface area contributed by atoms with Crippen molar-refractivity contribution >= 4 is 22.9 Å². The van der Waals surface area contributed by atoms with Gasteiger partial charge in [-0.25, -0.2) is 4.98 Å². The number of aryl methyl sites for hydroxylation is 1. The monoisotopic (exact) mass is 295 g/mol. The largest absolute Gasteiger partial charge is 0.310 e. The fourth-order valence-electron chi connectivity index (χ4n) is 2.71. The Hall–Kier alpha value is -2.63. The molecule has 0 aliphatic heterocycles. The van der Waals surface area contributed by atoms with Gasteiger partial charge in [-0.15, -0.1) is 0 Å². The van der Waals surface area contributed by atoms with Crippen LogP contribution in [0.2, 0.25) is 0 Å². The SMILES string of the molecule is CCn1c(NC(=O)c2cc(C3CC3)[nH]n2)nc2ccccc21. The molecule has 1 aromatic carbocycles. The van der Waals surface area contributed by atoms with E-state index >= 15 is 0 Å². The number of nitrogens with one attached hydrogen (secondary N) is 2.